The zero-order chi connectivity index (χ0) is 26.9. The Morgan fingerprint density at radius 3 is 2.85 bits per heavy atom. The molecule has 1 fully saturated rings. The van der Waals surface area contributed by atoms with Crippen molar-refractivity contribution in [2.75, 3.05) is 19.7 Å². The Balaban J connectivity index is 1.13. The van der Waals surface area contributed by atoms with Gasteiger partial charge in [-0.2, -0.15) is 0 Å². The largest absolute Gasteiger partial charge is 0.477 e. The van der Waals surface area contributed by atoms with Crippen LogP contribution in [0.4, 0.5) is 4.39 Å². The van der Waals surface area contributed by atoms with Gasteiger partial charge in [0.05, 0.1) is 24.9 Å². The predicted octanol–water partition coefficient (Wildman–Crippen LogP) is 4.91. The summed E-state index contributed by atoms with van der Waals surface area (Å²) in [5.74, 6) is -0.103. The molecule has 1 unspecified atom stereocenters. The number of hydrogen-bond acceptors (Lipinski definition) is 6. The molecular formula is C28H27ClFN5O4. The van der Waals surface area contributed by atoms with Crippen LogP contribution in [0.3, 0.4) is 0 Å². The van der Waals surface area contributed by atoms with Gasteiger partial charge in [0.2, 0.25) is 5.88 Å². The summed E-state index contributed by atoms with van der Waals surface area (Å²) in [6.45, 7) is 3.62. The maximum Gasteiger partial charge on any atom is 0.352 e. The van der Waals surface area contributed by atoms with E-state index in [2.05, 4.69) is 25.5 Å². The number of imidazole rings is 1. The van der Waals surface area contributed by atoms with Crippen LogP contribution in [-0.2, 0) is 24.4 Å². The van der Waals surface area contributed by atoms with Gasteiger partial charge < -0.3 is 24.1 Å². The van der Waals surface area contributed by atoms with Crippen LogP contribution in [0.25, 0.3) is 16.7 Å². The van der Waals surface area contributed by atoms with Crippen molar-refractivity contribution in [3.63, 3.8) is 0 Å². The van der Waals surface area contributed by atoms with Crippen LogP contribution in [0.15, 0.2) is 48.5 Å². The fraction of sp³-hybridized carbons (Fsp3) is 0.321. The number of carboxylic acid groups (broad SMARTS) is 1. The SMILES string of the molecule is O=C(O)c1cc2nc(CN3CC=C(c4cccc(OCc5ccc(Cl)cc5F)n4)CC3)n(CC3CCO3)c2[nH]1. The lowest BCUT2D eigenvalue weighted by molar-refractivity contribution is -0.0592. The third-order valence-corrected chi connectivity index (χ3v) is 7.35. The van der Waals surface area contributed by atoms with Crippen molar-refractivity contribution in [3.8, 4) is 5.88 Å². The highest BCUT2D eigenvalue weighted by molar-refractivity contribution is 6.30. The number of nitrogens with zero attached hydrogens (tertiary/aromatic N) is 4. The number of benzene rings is 1. The Bertz CT molecular complexity index is 1560. The minimum Gasteiger partial charge on any atom is -0.477 e. The maximum atomic E-state index is 14.1. The van der Waals surface area contributed by atoms with Gasteiger partial charge in [-0.25, -0.2) is 19.2 Å². The first-order chi connectivity index (χ1) is 18.9. The molecule has 0 spiro atoms. The molecule has 0 aliphatic carbocycles. The highest BCUT2D eigenvalue weighted by atomic mass is 35.5. The minimum atomic E-state index is -1.00. The van der Waals surface area contributed by atoms with E-state index < -0.39 is 11.8 Å². The van der Waals surface area contributed by atoms with Crippen LogP contribution < -0.4 is 4.74 Å². The molecule has 3 aromatic heterocycles. The Hall–Kier alpha value is -3.73. The van der Waals surface area contributed by atoms with Crippen molar-refractivity contribution in [1.29, 1.82) is 0 Å². The second-order valence-electron chi connectivity index (χ2n) is 9.74. The number of fused-ring (bicyclic) bond motifs is 1. The van der Waals surface area contributed by atoms with Crippen molar-refractivity contribution in [2.45, 2.75) is 38.6 Å². The average Bonchev–Trinajstić information content (AvgIpc) is 3.45. The number of carboxylic acids is 1. The van der Waals surface area contributed by atoms with E-state index in [0.29, 0.717) is 40.7 Å². The van der Waals surface area contributed by atoms with Gasteiger partial charge in [0.15, 0.2) is 0 Å². The zero-order valence-electron chi connectivity index (χ0n) is 21.1. The smallest absolute Gasteiger partial charge is 0.352 e. The second-order valence-corrected chi connectivity index (χ2v) is 10.2. The highest BCUT2D eigenvalue weighted by Crippen LogP contribution is 2.26. The molecule has 6 rings (SSSR count). The van der Waals surface area contributed by atoms with Crippen LogP contribution in [0.5, 0.6) is 5.88 Å². The molecule has 1 atom stereocenters. The van der Waals surface area contributed by atoms with Crippen LogP contribution in [-0.4, -0.2) is 61.3 Å². The van der Waals surface area contributed by atoms with Crippen LogP contribution in [0, 0.1) is 5.82 Å². The van der Waals surface area contributed by atoms with Gasteiger partial charge in [-0.3, -0.25) is 4.90 Å². The van der Waals surface area contributed by atoms with E-state index in [1.807, 2.05) is 12.1 Å². The number of H-pyrrole nitrogens is 1. The Morgan fingerprint density at radius 1 is 1.26 bits per heavy atom. The predicted molar refractivity (Wildman–Crippen MR) is 143 cm³/mol. The van der Waals surface area contributed by atoms with Gasteiger partial charge in [-0.05, 0) is 42.7 Å². The van der Waals surface area contributed by atoms with E-state index in [4.69, 9.17) is 26.1 Å². The number of rotatable bonds is 9. The van der Waals surface area contributed by atoms with E-state index in [1.165, 1.54) is 6.07 Å². The lowest BCUT2D eigenvalue weighted by Crippen LogP contribution is -2.33. The van der Waals surface area contributed by atoms with Gasteiger partial charge in [-0.15, -0.1) is 0 Å². The summed E-state index contributed by atoms with van der Waals surface area (Å²) in [5.41, 5.74) is 3.86. The fourth-order valence-electron chi connectivity index (χ4n) is 4.87. The molecule has 39 heavy (non-hydrogen) atoms. The van der Waals surface area contributed by atoms with Crippen molar-refractivity contribution < 1.29 is 23.8 Å². The normalized spacial score (nSPS) is 17.7. The number of halogens is 2. The van der Waals surface area contributed by atoms with Gasteiger partial charge in [-0.1, -0.05) is 29.8 Å². The molecule has 5 heterocycles. The molecule has 0 radical (unpaired) electrons. The summed E-state index contributed by atoms with van der Waals surface area (Å²) in [6.07, 6.45) is 4.05. The van der Waals surface area contributed by atoms with Crippen LogP contribution in [0.2, 0.25) is 5.02 Å². The topological polar surface area (TPSA) is 106 Å². The monoisotopic (exact) mass is 551 g/mol. The van der Waals surface area contributed by atoms with E-state index in [-0.39, 0.29) is 18.4 Å². The molecule has 2 aliphatic heterocycles. The quantitative estimate of drug-likeness (QED) is 0.304. The summed E-state index contributed by atoms with van der Waals surface area (Å²) >= 11 is 5.83. The first kappa shape index (κ1) is 25.5. The molecule has 1 saturated heterocycles. The minimum absolute atomic E-state index is 0.0623. The van der Waals surface area contributed by atoms with Crippen molar-refractivity contribution in [3.05, 3.63) is 82.2 Å². The third-order valence-electron chi connectivity index (χ3n) is 7.12. The summed E-state index contributed by atoms with van der Waals surface area (Å²) in [4.78, 5) is 26.1. The number of pyridine rings is 1. The lowest BCUT2D eigenvalue weighted by Gasteiger charge is -2.29. The molecule has 0 saturated carbocycles. The summed E-state index contributed by atoms with van der Waals surface area (Å²) in [6, 6.07) is 11.7. The lowest BCUT2D eigenvalue weighted by atomic mass is 10.0. The molecule has 2 N–H and O–H groups in total. The first-order valence-electron chi connectivity index (χ1n) is 12.8. The summed E-state index contributed by atoms with van der Waals surface area (Å²) < 4.78 is 27.5. The molecule has 202 valence electrons. The molecule has 0 bridgehead atoms. The number of aromatic amines is 1. The van der Waals surface area contributed by atoms with Crippen LogP contribution in [0.1, 0.15) is 40.4 Å². The number of ether oxygens (including phenoxy) is 2. The fourth-order valence-corrected chi connectivity index (χ4v) is 5.03. The maximum absolute atomic E-state index is 14.1. The standard InChI is InChI=1S/C28H27ClFN5O4/c29-19-5-4-18(21(30)12-19)16-39-26-3-1-2-22(32-26)17-6-9-34(10-7-17)15-25-31-23-13-24(28(36)37)33-27(23)35(25)14-20-8-11-38-20/h1-6,12-13,20,33H,7-11,14-16H2,(H,36,37). The Morgan fingerprint density at radius 2 is 2.13 bits per heavy atom. The molecular weight excluding hydrogens is 525 g/mol. The molecule has 9 nitrogen and oxygen atoms in total. The second kappa shape index (κ2) is 10.8. The summed E-state index contributed by atoms with van der Waals surface area (Å²) in [7, 11) is 0. The number of carbonyl (C=O) groups is 1. The zero-order valence-corrected chi connectivity index (χ0v) is 21.8. The number of aromatic carboxylic acids is 1. The first-order valence-corrected chi connectivity index (χ1v) is 13.2. The molecule has 11 heteroatoms. The van der Waals surface area contributed by atoms with Gasteiger partial charge in [0.1, 0.15) is 35.1 Å². The van der Waals surface area contributed by atoms with E-state index in [1.54, 1.807) is 24.3 Å². The highest BCUT2D eigenvalue weighted by Gasteiger charge is 2.25. The summed E-state index contributed by atoms with van der Waals surface area (Å²) in [5, 5.41) is 9.71. The van der Waals surface area contributed by atoms with E-state index in [0.717, 1.165) is 49.6 Å². The Kier molecular flexibility index (Phi) is 7.07. The van der Waals surface area contributed by atoms with Crippen LogP contribution >= 0.6 is 11.6 Å². The van der Waals surface area contributed by atoms with Gasteiger partial charge in [0.25, 0.3) is 0 Å². The Labute approximate surface area is 228 Å². The van der Waals surface area contributed by atoms with E-state index >= 15 is 0 Å². The molecule has 2 aliphatic rings. The molecule has 1 aromatic carbocycles. The van der Waals surface area contributed by atoms with Crippen molar-refractivity contribution in [2.24, 2.45) is 0 Å². The van der Waals surface area contributed by atoms with Crippen molar-refractivity contribution >= 4 is 34.3 Å². The van der Waals surface area contributed by atoms with Gasteiger partial charge in [0, 0.05) is 36.3 Å². The number of aromatic nitrogens is 4. The number of hydrogen-bond donors (Lipinski definition) is 2. The van der Waals surface area contributed by atoms with Crippen molar-refractivity contribution in [1.82, 2.24) is 24.4 Å². The average molecular weight is 552 g/mol. The molecule has 0 amide bonds. The van der Waals surface area contributed by atoms with E-state index in [9.17, 15) is 14.3 Å². The van der Waals surface area contributed by atoms with Gasteiger partial charge >= 0.3 is 5.97 Å². The molecule has 4 aromatic rings. The third kappa shape index (κ3) is 5.54. The number of nitrogens with one attached hydrogen (secondary N) is 1.